The highest BCUT2D eigenvalue weighted by atomic mass is 16.5. The van der Waals surface area contributed by atoms with Gasteiger partial charge in [0, 0.05) is 13.0 Å². The van der Waals surface area contributed by atoms with E-state index in [-0.39, 0.29) is 0 Å². The number of allylic oxidation sites excluding steroid dienone is 3. The molecule has 0 amide bonds. The van der Waals surface area contributed by atoms with Gasteiger partial charge in [0.2, 0.25) is 0 Å². The van der Waals surface area contributed by atoms with Gasteiger partial charge in [0.1, 0.15) is 0 Å². The Kier molecular flexibility index (Phi) is 6.75. The third-order valence-corrected chi connectivity index (χ3v) is 9.23. The Bertz CT molecular complexity index is 635. The van der Waals surface area contributed by atoms with Crippen molar-refractivity contribution < 1.29 is 9.47 Å². The van der Waals surface area contributed by atoms with Crippen LogP contribution in [0.3, 0.4) is 0 Å². The molecule has 4 rings (SSSR count). The highest BCUT2D eigenvalue weighted by Gasteiger charge is 2.57. The molecule has 0 N–H and O–H groups in total. The maximum Gasteiger partial charge on any atom is 0.0959 e. The Morgan fingerprint density at radius 3 is 2.66 bits per heavy atom. The Hall–Kier alpha value is -0.800. The molecule has 0 aromatic carbocycles. The van der Waals surface area contributed by atoms with Gasteiger partial charge in [-0.25, -0.2) is 0 Å². The monoisotopic (exact) mass is 401 g/mol. The largest absolute Gasteiger partial charge is 0.501 e. The average molecular weight is 402 g/mol. The zero-order valence-electron chi connectivity index (χ0n) is 19.3. The number of fused-ring (bicyclic) bond motifs is 4. The molecule has 0 heterocycles. The molecular weight excluding hydrogens is 358 g/mol. The molecule has 3 heteroatoms. The third-order valence-electron chi connectivity index (χ3n) is 9.23. The van der Waals surface area contributed by atoms with Crippen LogP contribution in [-0.4, -0.2) is 44.4 Å². The molecule has 5 atom stereocenters. The minimum Gasteiger partial charge on any atom is -0.501 e. The second kappa shape index (κ2) is 9.14. The molecule has 3 nitrogen and oxygen atoms in total. The van der Waals surface area contributed by atoms with Crippen molar-refractivity contribution in [1.29, 1.82) is 0 Å². The summed E-state index contributed by atoms with van der Waals surface area (Å²) in [7, 11) is 1.83. The Morgan fingerprint density at radius 1 is 1.10 bits per heavy atom. The maximum absolute atomic E-state index is 6.64. The highest BCUT2D eigenvalue weighted by molar-refractivity contribution is 5.32. The smallest absolute Gasteiger partial charge is 0.0959 e. The molecule has 164 valence electrons. The molecule has 2 saturated carbocycles. The average Bonchev–Trinajstić information content (AvgIpc) is 3.15. The van der Waals surface area contributed by atoms with Crippen LogP contribution in [0.4, 0.5) is 0 Å². The number of hydrogen-bond donors (Lipinski definition) is 0. The fourth-order valence-corrected chi connectivity index (χ4v) is 7.59. The zero-order valence-corrected chi connectivity index (χ0v) is 19.3. The molecule has 4 aliphatic carbocycles. The fraction of sp³-hybridized carbons (Fsp3) is 0.846. The lowest BCUT2D eigenvalue weighted by atomic mass is 9.53. The number of ether oxygens (including phenoxy) is 2. The van der Waals surface area contributed by atoms with Crippen LogP contribution in [0.15, 0.2) is 23.0 Å². The van der Waals surface area contributed by atoms with E-state index < -0.39 is 0 Å². The molecule has 4 aliphatic rings. The predicted octanol–water partition coefficient (Wildman–Crippen LogP) is 5.96. The third kappa shape index (κ3) is 3.82. The van der Waals surface area contributed by atoms with Crippen LogP contribution >= 0.6 is 0 Å². The number of hydrogen-bond acceptors (Lipinski definition) is 3. The van der Waals surface area contributed by atoms with Gasteiger partial charge in [-0.15, -0.1) is 0 Å². The number of likely N-dealkylation sites (N-methyl/N-ethyl adjacent to an activating group) is 1. The van der Waals surface area contributed by atoms with Gasteiger partial charge in [0.05, 0.1) is 25.6 Å². The van der Waals surface area contributed by atoms with Crippen LogP contribution in [0.2, 0.25) is 0 Å². The summed E-state index contributed by atoms with van der Waals surface area (Å²) in [5.41, 5.74) is 3.97. The Balaban J connectivity index is 1.44. The van der Waals surface area contributed by atoms with Crippen LogP contribution in [0.25, 0.3) is 0 Å². The van der Waals surface area contributed by atoms with Gasteiger partial charge in [0.15, 0.2) is 0 Å². The van der Waals surface area contributed by atoms with Crippen molar-refractivity contribution in [3.05, 3.63) is 23.0 Å². The molecule has 29 heavy (non-hydrogen) atoms. The SMILES string of the molecule is CCN(CC)CCO[C@H]1CC[C@H]2[C@@H]3CCC4=C(CC=C(OC)C4)[C@H]3CCC12CC. The molecule has 0 radical (unpaired) electrons. The molecule has 2 fully saturated rings. The first-order valence-electron chi connectivity index (χ1n) is 12.4. The molecule has 0 aromatic heterocycles. The highest BCUT2D eigenvalue weighted by Crippen LogP contribution is 2.63. The first kappa shape index (κ1) is 21.4. The summed E-state index contributed by atoms with van der Waals surface area (Å²) in [6.07, 6.45) is 14.5. The van der Waals surface area contributed by atoms with Crippen molar-refractivity contribution >= 4 is 0 Å². The van der Waals surface area contributed by atoms with Crippen LogP contribution in [0.5, 0.6) is 0 Å². The van der Waals surface area contributed by atoms with Crippen molar-refractivity contribution in [3.63, 3.8) is 0 Å². The van der Waals surface area contributed by atoms with E-state index in [0.717, 1.165) is 56.8 Å². The standard InChI is InChI=1S/C26H43NO2/c1-5-26-15-14-22-21-11-9-20(28-4)18-19(21)8-10-23(22)24(26)12-13-25(26)29-17-16-27(6-2)7-3/h9,22-25H,5-8,10-18H2,1-4H3/t22-,23-,24+,25+,26?/m1/s1. The van der Waals surface area contributed by atoms with Crippen LogP contribution in [0.1, 0.15) is 78.6 Å². The van der Waals surface area contributed by atoms with E-state index in [4.69, 9.17) is 9.47 Å². The van der Waals surface area contributed by atoms with Gasteiger partial charge >= 0.3 is 0 Å². The maximum atomic E-state index is 6.64. The molecule has 0 spiro atoms. The van der Waals surface area contributed by atoms with Crippen molar-refractivity contribution in [2.24, 2.45) is 23.2 Å². The summed E-state index contributed by atoms with van der Waals surface area (Å²) in [6.45, 7) is 11.2. The summed E-state index contributed by atoms with van der Waals surface area (Å²) >= 11 is 0. The van der Waals surface area contributed by atoms with E-state index in [2.05, 4.69) is 31.7 Å². The van der Waals surface area contributed by atoms with E-state index in [9.17, 15) is 0 Å². The van der Waals surface area contributed by atoms with Crippen molar-refractivity contribution in [2.75, 3.05) is 33.4 Å². The van der Waals surface area contributed by atoms with Gasteiger partial charge in [-0.1, -0.05) is 31.9 Å². The summed E-state index contributed by atoms with van der Waals surface area (Å²) in [6, 6.07) is 0. The number of nitrogens with zero attached hydrogens (tertiary/aromatic N) is 1. The van der Waals surface area contributed by atoms with Crippen molar-refractivity contribution in [3.8, 4) is 0 Å². The lowest BCUT2D eigenvalue weighted by Crippen LogP contribution is -2.47. The molecular formula is C26H43NO2. The second-order valence-electron chi connectivity index (χ2n) is 9.89. The summed E-state index contributed by atoms with van der Waals surface area (Å²) in [5, 5.41) is 0. The summed E-state index contributed by atoms with van der Waals surface area (Å²) < 4.78 is 12.2. The minimum absolute atomic E-state index is 0.449. The van der Waals surface area contributed by atoms with Crippen molar-refractivity contribution in [1.82, 2.24) is 4.90 Å². The van der Waals surface area contributed by atoms with Crippen LogP contribution in [0, 0.1) is 23.2 Å². The van der Waals surface area contributed by atoms with Gasteiger partial charge in [0.25, 0.3) is 0 Å². The summed E-state index contributed by atoms with van der Waals surface area (Å²) in [4.78, 5) is 2.49. The van der Waals surface area contributed by atoms with E-state index >= 15 is 0 Å². The van der Waals surface area contributed by atoms with Crippen LogP contribution in [-0.2, 0) is 9.47 Å². The molecule has 0 aromatic rings. The Morgan fingerprint density at radius 2 is 1.93 bits per heavy atom. The van der Waals surface area contributed by atoms with Gasteiger partial charge in [-0.2, -0.15) is 0 Å². The van der Waals surface area contributed by atoms with Crippen molar-refractivity contribution in [2.45, 2.75) is 84.7 Å². The first-order valence-corrected chi connectivity index (χ1v) is 12.4. The normalized spacial score (nSPS) is 36.5. The van der Waals surface area contributed by atoms with Gasteiger partial charge in [-0.05, 0) is 93.7 Å². The number of methoxy groups -OCH3 is 1. The minimum atomic E-state index is 0.449. The molecule has 0 bridgehead atoms. The molecule has 0 saturated heterocycles. The zero-order chi connectivity index (χ0) is 20.4. The topological polar surface area (TPSA) is 21.7 Å². The second-order valence-corrected chi connectivity index (χ2v) is 9.89. The fourth-order valence-electron chi connectivity index (χ4n) is 7.59. The molecule has 0 aliphatic heterocycles. The van der Waals surface area contributed by atoms with Gasteiger partial charge < -0.3 is 14.4 Å². The lowest BCUT2D eigenvalue weighted by Gasteiger charge is -2.53. The van der Waals surface area contributed by atoms with E-state index in [0.29, 0.717) is 11.5 Å². The first-order chi connectivity index (χ1) is 14.2. The van der Waals surface area contributed by atoms with E-state index in [1.165, 1.54) is 50.7 Å². The molecule has 1 unspecified atom stereocenters. The number of rotatable bonds is 8. The quantitative estimate of drug-likeness (QED) is 0.468. The van der Waals surface area contributed by atoms with Gasteiger partial charge in [-0.3, -0.25) is 0 Å². The Labute approximate surface area is 178 Å². The van der Waals surface area contributed by atoms with E-state index in [1.807, 2.05) is 7.11 Å². The van der Waals surface area contributed by atoms with Crippen LogP contribution < -0.4 is 0 Å². The predicted molar refractivity (Wildman–Crippen MR) is 120 cm³/mol. The lowest BCUT2D eigenvalue weighted by molar-refractivity contribution is -0.0847. The van der Waals surface area contributed by atoms with E-state index in [1.54, 1.807) is 11.1 Å². The summed E-state index contributed by atoms with van der Waals surface area (Å²) in [5.74, 6) is 3.82.